The lowest BCUT2D eigenvalue weighted by molar-refractivity contribution is 0.0662. The standard InChI is InChI=1S/C14H24N4O3S.ClH/c15-8-11-2-1-3-14(11)17-22(19,20)13-9-16-18(10-13)12-4-6-21-7-5-12;/h9-12,14,17H,1-8,15H2;1H. The summed E-state index contributed by atoms with van der Waals surface area (Å²) in [5.41, 5.74) is 5.72. The molecule has 1 saturated heterocycles. The van der Waals surface area contributed by atoms with E-state index in [0.717, 1.165) is 32.1 Å². The second-order valence-corrected chi connectivity index (χ2v) is 7.87. The van der Waals surface area contributed by atoms with Crippen LogP contribution in [0.5, 0.6) is 0 Å². The minimum absolute atomic E-state index is 0. The van der Waals surface area contributed by atoms with Crippen LogP contribution in [0.15, 0.2) is 17.3 Å². The third kappa shape index (κ3) is 4.24. The smallest absolute Gasteiger partial charge is 0.243 e. The first-order valence-electron chi connectivity index (χ1n) is 7.94. The van der Waals surface area contributed by atoms with Gasteiger partial charge in [-0.15, -0.1) is 12.4 Å². The molecule has 7 nitrogen and oxygen atoms in total. The van der Waals surface area contributed by atoms with Crippen molar-refractivity contribution in [3.8, 4) is 0 Å². The Balaban J connectivity index is 0.00000192. The molecule has 9 heteroatoms. The fourth-order valence-electron chi connectivity index (χ4n) is 3.35. The monoisotopic (exact) mass is 364 g/mol. The molecule has 2 unspecified atom stereocenters. The van der Waals surface area contributed by atoms with Crippen molar-refractivity contribution in [3.63, 3.8) is 0 Å². The van der Waals surface area contributed by atoms with Crippen molar-refractivity contribution in [1.82, 2.24) is 14.5 Å². The molecule has 0 amide bonds. The summed E-state index contributed by atoms with van der Waals surface area (Å²) in [6.45, 7) is 1.92. The van der Waals surface area contributed by atoms with Gasteiger partial charge < -0.3 is 10.5 Å². The molecule has 1 aliphatic carbocycles. The Morgan fingerprint density at radius 3 is 2.74 bits per heavy atom. The maximum atomic E-state index is 12.5. The van der Waals surface area contributed by atoms with Crippen molar-refractivity contribution >= 4 is 22.4 Å². The Labute approximate surface area is 143 Å². The van der Waals surface area contributed by atoms with Gasteiger partial charge in [-0.25, -0.2) is 13.1 Å². The molecule has 1 saturated carbocycles. The van der Waals surface area contributed by atoms with Crippen LogP contribution in [0.4, 0.5) is 0 Å². The summed E-state index contributed by atoms with van der Waals surface area (Å²) in [6.07, 6.45) is 7.67. The number of ether oxygens (including phenoxy) is 1. The van der Waals surface area contributed by atoms with E-state index in [2.05, 4.69) is 9.82 Å². The van der Waals surface area contributed by atoms with Crippen LogP contribution in [0.2, 0.25) is 0 Å². The van der Waals surface area contributed by atoms with Crippen LogP contribution in [0.3, 0.4) is 0 Å². The van der Waals surface area contributed by atoms with E-state index in [9.17, 15) is 8.42 Å². The Morgan fingerprint density at radius 1 is 1.30 bits per heavy atom. The van der Waals surface area contributed by atoms with Gasteiger partial charge in [0.05, 0.1) is 12.2 Å². The summed E-state index contributed by atoms with van der Waals surface area (Å²) >= 11 is 0. The molecule has 0 radical (unpaired) electrons. The fraction of sp³-hybridized carbons (Fsp3) is 0.786. The molecule has 0 spiro atoms. The van der Waals surface area contributed by atoms with Gasteiger partial charge in [0.2, 0.25) is 10.0 Å². The van der Waals surface area contributed by atoms with Gasteiger partial charge >= 0.3 is 0 Å². The van der Waals surface area contributed by atoms with E-state index in [1.807, 2.05) is 0 Å². The SMILES string of the molecule is Cl.NCC1CCCC1NS(=O)(=O)c1cnn(C2CCOCC2)c1. The average Bonchev–Trinajstić information content (AvgIpc) is 3.17. The molecule has 1 aromatic rings. The van der Waals surface area contributed by atoms with Crippen molar-refractivity contribution in [2.24, 2.45) is 11.7 Å². The molecule has 2 aliphatic rings. The van der Waals surface area contributed by atoms with E-state index in [4.69, 9.17) is 10.5 Å². The van der Waals surface area contributed by atoms with Crippen molar-refractivity contribution in [1.29, 1.82) is 0 Å². The maximum absolute atomic E-state index is 12.5. The molecular weight excluding hydrogens is 340 g/mol. The second-order valence-electron chi connectivity index (χ2n) is 6.15. The van der Waals surface area contributed by atoms with Crippen LogP contribution in [0.25, 0.3) is 0 Å². The van der Waals surface area contributed by atoms with Crippen molar-refractivity contribution in [2.45, 2.75) is 49.1 Å². The minimum Gasteiger partial charge on any atom is -0.381 e. The molecule has 132 valence electrons. The van der Waals surface area contributed by atoms with Gasteiger partial charge in [0.1, 0.15) is 4.90 Å². The van der Waals surface area contributed by atoms with Crippen LogP contribution < -0.4 is 10.5 Å². The molecule has 0 bridgehead atoms. The summed E-state index contributed by atoms with van der Waals surface area (Å²) in [7, 11) is -3.52. The number of nitrogens with zero attached hydrogens (tertiary/aromatic N) is 2. The summed E-state index contributed by atoms with van der Waals surface area (Å²) in [5.74, 6) is 0.236. The van der Waals surface area contributed by atoms with E-state index < -0.39 is 10.0 Å². The van der Waals surface area contributed by atoms with Gasteiger partial charge in [0.15, 0.2) is 0 Å². The van der Waals surface area contributed by atoms with Gasteiger partial charge in [-0.3, -0.25) is 4.68 Å². The number of halogens is 1. The van der Waals surface area contributed by atoms with Crippen LogP contribution in [0, 0.1) is 5.92 Å². The number of nitrogens with one attached hydrogen (secondary N) is 1. The lowest BCUT2D eigenvalue weighted by Gasteiger charge is -2.22. The number of sulfonamides is 1. The Morgan fingerprint density at radius 2 is 2.04 bits per heavy atom. The molecular formula is C14H25ClN4O3S. The molecule has 3 N–H and O–H groups in total. The predicted octanol–water partition coefficient (Wildman–Crippen LogP) is 1.06. The quantitative estimate of drug-likeness (QED) is 0.813. The highest BCUT2D eigenvalue weighted by molar-refractivity contribution is 7.89. The summed E-state index contributed by atoms with van der Waals surface area (Å²) in [6, 6.07) is 0.169. The third-order valence-electron chi connectivity index (χ3n) is 4.72. The first-order valence-corrected chi connectivity index (χ1v) is 9.43. The second kappa shape index (κ2) is 7.94. The fourth-order valence-corrected chi connectivity index (χ4v) is 4.63. The average molecular weight is 365 g/mol. The number of aromatic nitrogens is 2. The maximum Gasteiger partial charge on any atom is 0.243 e. The minimum atomic E-state index is -3.52. The summed E-state index contributed by atoms with van der Waals surface area (Å²) in [5, 5.41) is 4.24. The summed E-state index contributed by atoms with van der Waals surface area (Å²) in [4.78, 5) is 0.238. The normalized spacial score (nSPS) is 26.1. The van der Waals surface area contributed by atoms with Gasteiger partial charge in [-0.05, 0) is 38.1 Å². The van der Waals surface area contributed by atoms with Gasteiger partial charge in [-0.2, -0.15) is 5.10 Å². The van der Waals surface area contributed by atoms with Crippen molar-refractivity contribution < 1.29 is 13.2 Å². The Bertz CT molecular complexity index is 601. The number of hydrogen-bond donors (Lipinski definition) is 2. The molecule has 23 heavy (non-hydrogen) atoms. The first-order chi connectivity index (χ1) is 10.6. The van der Waals surface area contributed by atoms with E-state index in [1.54, 1.807) is 10.9 Å². The molecule has 2 heterocycles. The molecule has 2 atom stereocenters. The van der Waals surface area contributed by atoms with E-state index in [1.165, 1.54) is 6.20 Å². The molecule has 2 fully saturated rings. The first kappa shape index (κ1) is 18.7. The lowest BCUT2D eigenvalue weighted by Crippen LogP contribution is -2.39. The van der Waals surface area contributed by atoms with Gasteiger partial charge in [-0.1, -0.05) is 6.42 Å². The van der Waals surface area contributed by atoms with Crippen LogP contribution in [0.1, 0.15) is 38.1 Å². The molecule has 1 aliphatic heterocycles. The van der Waals surface area contributed by atoms with Crippen LogP contribution in [-0.4, -0.2) is 44.0 Å². The summed E-state index contributed by atoms with van der Waals surface area (Å²) < 4.78 is 34.9. The lowest BCUT2D eigenvalue weighted by atomic mass is 10.1. The highest BCUT2D eigenvalue weighted by Crippen LogP contribution is 2.27. The van der Waals surface area contributed by atoms with Gasteiger partial charge in [0, 0.05) is 25.5 Å². The van der Waals surface area contributed by atoms with E-state index >= 15 is 0 Å². The Kier molecular flexibility index (Phi) is 6.44. The third-order valence-corrected chi connectivity index (χ3v) is 6.17. The molecule has 3 rings (SSSR count). The zero-order chi connectivity index (χ0) is 15.6. The van der Waals surface area contributed by atoms with Crippen LogP contribution >= 0.6 is 12.4 Å². The van der Waals surface area contributed by atoms with E-state index in [0.29, 0.717) is 19.8 Å². The number of rotatable bonds is 5. The van der Waals surface area contributed by atoms with Crippen LogP contribution in [-0.2, 0) is 14.8 Å². The highest BCUT2D eigenvalue weighted by Gasteiger charge is 2.31. The topological polar surface area (TPSA) is 99.2 Å². The van der Waals surface area contributed by atoms with Crippen molar-refractivity contribution in [2.75, 3.05) is 19.8 Å². The largest absolute Gasteiger partial charge is 0.381 e. The Hall–Kier alpha value is -0.670. The van der Waals surface area contributed by atoms with Crippen molar-refractivity contribution in [3.05, 3.63) is 12.4 Å². The predicted molar refractivity (Wildman–Crippen MR) is 89.1 cm³/mol. The highest BCUT2D eigenvalue weighted by atomic mass is 35.5. The van der Waals surface area contributed by atoms with E-state index in [-0.39, 0.29) is 35.3 Å². The molecule has 0 aromatic carbocycles. The zero-order valence-corrected chi connectivity index (χ0v) is 14.7. The number of nitrogens with two attached hydrogens (primary N) is 1. The van der Waals surface area contributed by atoms with Gasteiger partial charge in [0.25, 0.3) is 0 Å². The zero-order valence-electron chi connectivity index (χ0n) is 13.1. The molecule has 1 aromatic heterocycles. The number of hydrogen-bond acceptors (Lipinski definition) is 5.